The zero-order chi connectivity index (χ0) is 16.7. The first-order chi connectivity index (χ1) is 11.2. The predicted octanol–water partition coefficient (Wildman–Crippen LogP) is 3.04. The van der Waals surface area contributed by atoms with Gasteiger partial charge in [-0.1, -0.05) is 31.1 Å². The van der Waals surface area contributed by atoms with Crippen molar-refractivity contribution in [3.63, 3.8) is 0 Å². The van der Waals surface area contributed by atoms with Crippen molar-refractivity contribution < 1.29 is 8.91 Å². The molecule has 120 valence electrons. The minimum absolute atomic E-state index is 0.295. The topological polar surface area (TPSA) is 60.9 Å². The number of halogens is 1. The maximum absolute atomic E-state index is 12.9. The van der Waals surface area contributed by atoms with E-state index in [0.29, 0.717) is 18.8 Å². The zero-order valence-corrected chi connectivity index (χ0v) is 13.1. The number of hydrogen-bond acceptors (Lipinski definition) is 4. The highest BCUT2D eigenvalue weighted by Gasteiger charge is 2.11. The summed E-state index contributed by atoms with van der Waals surface area (Å²) in [7, 11) is 0. The molecule has 0 saturated heterocycles. The Kier molecular flexibility index (Phi) is 5.80. The van der Waals surface area contributed by atoms with Gasteiger partial charge in [0.25, 0.3) is 0 Å². The van der Waals surface area contributed by atoms with Gasteiger partial charge in [-0.05, 0) is 35.4 Å². The molecule has 5 nitrogen and oxygen atoms in total. The Morgan fingerprint density at radius 2 is 1.70 bits per heavy atom. The molecular weight excluding hydrogens is 297 g/mol. The summed E-state index contributed by atoms with van der Waals surface area (Å²) in [6.45, 7) is 4.29. The Morgan fingerprint density at radius 3 is 2.35 bits per heavy atom. The second kappa shape index (κ2) is 8.03. The standard InChI is InChI=1S/C15H12FN3O2.C2H6/c16-13-3-1-12(2-4-13)10-19-14(18-21-15(19)20)9-11-5-7-17-8-6-11;1-2/h1-8H,9-10H2;1-2H3. The summed E-state index contributed by atoms with van der Waals surface area (Å²) in [4.78, 5) is 15.7. The van der Waals surface area contributed by atoms with Gasteiger partial charge < -0.3 is 0 Å². The summed E-state index contributed by atoms with van der Waals surface area (Å²) < 4.78 is 19.1. The van der Waals surface area contributed by atoms with E-state index in [1.165, 1.54) is 16.7 Å². The van der Waals surface area contributed by atoms with E-state index in [1.807, 2.05) is 26.0 Å². The fraction of sp³-hybridized carbons (Fsp3) is 0.235. The van der Waals surface area contributed by atoms with E-state index in [9.17, 15) is 9.18 Å². The second-order valence-electron chi connectivity index (χ2n) is 4.61. The van der Waals surface area contributed by atoms with Crippen LogP contribution in [0.15, 0.2) is 58.1 Å². The molecule has 0 saturated carbocycles. The van der Waals surface area contributed by atoms with Crippen LogP contribution in [0, 0.1) is 5.82 Å². The van der Waals surface area contributed by atoms with E-state index >= 15 is 0 Å². The van der Waals surface area contributed by atoms with Gasteiger partial charge in [-0.3, -0.25) is 14.1 Å². The Bertz CT molecular complexity index is 780. The van der Waals surface area contributed by atoms with Crippen molar-refractivity contribution in [3.8, 4) is 0 Å². The van der Waals surface area contributed by atoms with Crippen molar-refractivity contribution in [1.29, 1.82) is 0 Å². The molecule has 0 aliphatic carbocycles. The van der Waals surface area contributed by atoms with Crippen molar-refractivity contribution in [2.24, 2.45) is 0 Å². The molecule has 0 amide bonds. The first-order valence-electron chi connectivity index (χ1n) is 7.41. The van der Waals surface area contributed by atoms with Crippen molar-refractivity contribution in [1.82, 2.24) is 14.7 Å². The largest absolute Gasteiger partial charge is 0.441 e. The van der Waals surface area contributed by atoms with Crippen molar-refractivity contribution in [2.75, 3.05) is 0 Å². The third-order valence-corrected chi connectivity index (χ3v) is 3.13. The number of nitrogens with zero attached hydrogens (tertiary/aromatic N) is 3. The molecule has 3 aromatic rings. The molecule has 0 fully saturated rings. The lowest BCUT2D eigenvalue weighted by molar-refractivity contribution is 0.375. The molecular formula is C17H18FN3O2. The second-order valence-corrected chi connectivity index (χ2v) is 4.61. The highest BCUT2D eigenvalue weighted by atomic mass is 19.1. The van der Waals surface area contributed by atoms with E-state index in [1.54, 1.807) is 24.5 Å². The number of pyridine rings is 1. The van der Waals surface area contributed by atoms with Crippen LogP contribution in [0.25, 0.3) is 0 Å². The number of benzene rings is 1. The van der Waals surface area contributed by atoms with Crippen LogP contribution in [0.2, 0.25) is 0 Å². The third kappa shape index (κ3) is 4.35. The average molecular weight is 315 g/mol. The van der Waals surface area contributed by atoms with Crippen molar-refractivity contribution >= 4 is 0 Å². The Labute approximate surface area is 133 Å². The van der Waals surface area contributed by atoms with Crippen LogP contribution in [0.3, 0.4) is 0 Å². The summed E-state index contributed by atoms with van der Waals surface area (Å²) in [6.07, 6.45) is 3.82. The molecule has 2 aromatic heterocycles. The molecule has 0 aliphatic rings. The highest BCUT2D eigenvalue weighted by Crippen LogP contribution is 2.09. The summed E-state index contributed by atoms with van der Waals surface area (Å²) >= 11 is 0. The average Bonchev–Trinajstić information content (AvgIpc) is 2.93. The quantitative estimate of drug-likeness (QED) is 0.742. The van der Waals surface area contributed by atoms with E-state index < -0.39 is 5.76 Å². The van der Waals surface area contributed by atoms with Gasteiger partial charge in [-0.15, -0.1) is 0 Å². The molecule has 3 rings (SSSR count). The summed E-state index contributed by atoms with van der Waals surface area (Å²) in [6, 6.07) is 9.67. The molecule has 0 bridgehead atoms. The summed E-state index contributed by atoms with van der Waals surface area (Å²) in [5.41, 5.74) is 1.78. The van der Waals surface area contributed by atoms with Crippen LogP contribution in [0.5, 0.6) is 0 Å². The maximum Gasteiger partial charge on any atom is 0.441 e. The van der Waals surface area contributed by atoms with Crippen molar-refractivity contribution in [2.45, 2.75) is 26.8 Å². The monoisotopic (exact) mass is 315 g/mol. The lowest BCUT2D eigenvalue weighted by atomic mass is 10.2. The van der Waals surface area contributed by atoms with Crippen LogP contribution in [0.1, 0.15) is 30.8 Å². The van der Waals surface area contributed by atoms with Gasteiger partial charge in [0.2, 0.25) is 0 Å². The molecule has 0 radical (unpaired) electrons. The van der Waals surface area contributed by atoms with Crippen LogP contribution >= 0.6 is 0 Å². The maximum atomic E-state index is 12.9. The van der Waals surface area contributed by atoms with Crippen molar-refractivity contribution in [3.05, 3.63) is 82.1 Å². The smallest absolute Gasteiger partial charge is 0.296 e. The van der Waals surface area contributed by atoms with Crippen LogP contribution < -0.4 is 5.76 Å². The molecule has 0 aliphatic heterocycles. The highest BCUT2D eigenvalue weighted by molar-refractivity contribution is 5.18. The van der Waals surface area contributed by atoms with E-state index in [4.69, 9.17) is 4.52 Å². The molecule has 6 heteroatoms. The van der Waals surface area contributed by atoms with E-state index in [0.717, 1.165) is 11.1 Å². The van der Waals surface area contributed by atoms with Gasteiger partial charge >= 0.3 is 5.76 Å². The van der Waals surface area contributed by atoms with Crippen LogP contribution in [-0.4, -0.2) is 14.7 Å². The SMILES string of the molecule is CC.O=c1onc(Cc2ccncc2)n1Cc1ccc(F)cc1. The van der Waals surface area contributed by atoms with Gasteiger partial charge in [0.05, 0.1) is 6.54 Å². The van der Waals surface area contributed by atoms with Gasteiger partial charge in [0, 0.05) is 18.8 Å². The fourth-order valence-electron chi connectivity index (χ4n) is 2.03. The number of aromatic nitrogens is 3. The Balaban J connectivity index is 0.000000924. The van der Waals surface area contributed by atoms with E-state index in [-0.39, 0.29) is 5.82 Å². The normalized spacial score (nSPS) is 10.0. The molecule has 23 heavy (non-hydrogen) atoms. The summed E-state index contributed by atoms with van der Waals surface area (Å²) in [5, 5.41) is 3.81. The van der Waals surface area contributed by atoms with Gasteiger partial charge in [-0.2, -0.15) is 0 Å². The third-order valence-electron chi connectivity index (χ3n) is 3.13. The fourth-order valence-corrected chi connectivity index (χ4v) is 2.03. The predicted molar refractivity (Wildman–Crippen MR) is 84.7 cm³/mol. The first-order valence-corrected chi connectivity index (χ1v) is 7.41. The van der Waals surface area contributed by atoms with E-state index in [2.05, 4.69) is 10.1 Å². The lowest BCUT2D eigenvalue weighted by Crippen LogP contribution is -2.18. The Morgan fingerprint density at radius 1 is 1.04 bits per heavy atom. The zero-order valence-electron chi connectivity index (χ0n) is 13.1. The van der Waals surface area contributed by atoms with Crippen LogP contribution in [0.4, 0.5) is 4.39 Å². The van der Waals surface area contributed by atoms with Gasteiger partial charge in [0.1, 0.15) is 5.82 Å². The molecule has 0 unspecified atom stereocenters. The lowest BCUT2D eigenvalue weighted by Gasteiger charge is -2.05. The first kappa shape index (κ1) is 16.6. The molecule has 1 aromatic carbocycles. The molecule has 0 atom stereocenters. The number of hydrogen-bond donors (Lipinski definition) is 0. The Hall–Kier alpha value is -2.76. The number of rotatable bonds is 4. The molecule has 0 N–H and O–H groups in total. The molecule has 2 heterocycles. The summed E-state index contributed by atoms with van der Waals surface area (Å²) in [5.74, 6) is -0.313. The van der Waals surface area contributed by atoms with Crippen LogP contribution in [-0.2, 0) is 13.0 Å². The minimum atomic E-state index is -0.525. The van der Waals surface area contributed by atoms with Gasteiger partial charge in [0.15, 0.2) is 5.82 Å². The minimum Gasteiger partial charge on any atom is -0.296 e. The van der Waals surface area contributed by atoms with Gasteiger partial charge in [-0.25, -0.2) is 9.18 Å². The molecule has 0 spiro atoms.